The Balaban J connectivity index is 1.58. The van der Waals surface area contributed by atoms with E-state index in [1.54, 1.807) is 13.2 Å². The van der Waals surface area contributed by atoms with E-state index >= 15 is 0 Å². The molecule has 0 saturated heterocycles. The SMILES string of the molecule is COc1cccc(C2CC(Nc3cccc(Cl)n3)C2)c1. The highest BCUT2D eigenvalue weighted by atomic mass is 35.5. The summed E-state index contributed by atoms with van der Waals surface area (Å²) in [6, 6.07) is 14.4. The predicted molar refractivity (Wildman–Crippen MR) is 81.6 cm³/mol. The molecular weight excluding hydrogens is 272 g/mol. The summed E-state index contributed by atoms with van der Waals surface area (Å²) in [6.07, 6.45) is 2.22. The van der Waals surface area contributed by atoms with Gasteiger partial charge in [0, 0.05) is 6.04 Å². The molecule has 1 aliphatic carbocycles. The van der Waals surface area contributed by atoms with E-state index in [-0.39, 0.29) is 0 Å². The summed E-state index contributed by atoms with van der Waals surface area (Å²) < 4.78 is 5.27. The van der Waals surface area contributed by atoms with Crippen LogP contribution in [0.3, 0.4) is 0 Å². The van der Waals surface area contributed by atoms with E-state index in [4.69, 9.17) is 16.3 Å². The number of ether oxygens (including phenoxy) is 1. The molecular formula is C16H17ClN2O. The van der Waals surface area contributed by atoms with Crippen molar-refractivity contribution in [2.45, 2.75) is 24.8 Å². The van der Waals surface area contributed by atoms with Gasteiger partial charge >= 0.3 is 0 Å². The number of halogens is 1. The van der Waals surface area contributed by atoms with Crippen molar-refractivity contribution in [2.75, 3.05) is 12.4 Å². The minimum absolute atomic E-state index is 0.470. The third kappa shape index (κ3) is 2.88. The summed E-state index contributed by atoms with van der Waals surface area (Å²) >= 11 is 5.88. The van der Waals surface area contributed by atoms with Crippen molar-refractivity contribution in [1.82, 2.24) is 4.98 Å². The van der Waals surface area contributed by atoms with E-state index in [1.807, 2.05) is 24.3 Å². The number of hydrogen-bond donors (Lipinski definition) is 1. The Bertz CT molecular complexity index is 597. The highest BCUT2D eigenvalue weighted by Crippen LogP contribution is 2.39. The van der Waals surface area contributed by atoms with Gasteiger partial charge in [-0.25, -0.2) is 4.98 Å². The van der Waals surface area contributed by atoms with Crippen molar-refractivity contribution < 1.29 is 4.74 Å². The van der Waals surface area contributed by atoms with Crippen LogP contribution >= 0.6 is 11.6 Å². The van der Waals surface area contributed by atoms with Crippen LogP contribution in [-0.2, 0) is 0 Å². The van der Waals surface area contributed by atoms with E-state index < -0.39 is 0 Å². The number of methoxy groups -OCH3 is 1. The molecule has 20 heavy (non-hydrogen) atoms. The van der Waals surface area contributed by atoms with Gasteiger partial charge in [-0.1, -0.05) is 29.8 Å². The second-order valence-corrected chi connectivity index (χ2v) is 5.52. The maximum Gasteiger partial charge on any atom is 0.131 e. The Morgan fingerprint density at radius 3 is 2.75 bits per heavy atom. The molecule has 1 fully saturated rings. The van der Waals surface area contributed by atoms with Gasteiger partial charge in [0.15, 0.2) is 0 Å². The van der Waals surface area contributed by atoms with Crippen LogP contribution in [0.2, 0.25) is 5.15 Å². The molecule has 0 radical (unpaired) electrons. The number of rotatable bonds is 4. The second-order valence-electron chi connectivity index (χ2n) is 5.13. The largest absolute Gasteiger partial charge is 0.497 e. The molecule has 4 heteroatoms. The lowest BCUT2D eigenvalue weighted by atomic mass is 9.76. The molecule has 2 aromatic rings. The monoisotopic (exact) mass is 288 g/mol. The van der Waals surface area contributed by atoms with E-state index in [2.05, 4.69) is 22.4 Å². The highest BCUT2D eigenvalue weighted by Gasteiger charge is 2.30. The molecule has 1 N–H and O–H groups in total. The molecule has 104 valence electrons. The summed E-state index contributed by atoms with van der Waals surface area (Å²) in [5.41, 5.74) is 1.35. The summed E-state index contributed by atoms with van der Waals surface area (Å²) in [5, 5.41) is 3.95. The molecule has 1 aromatic heterocycles. The van der Waals surface area contributed by atoms with Crippen LogP contribution in [-0.4, -0.2) is 18.1 Å². The summed E-state index contributed by atoms with van der Waals surface area (Å²) in [7, 11) is 1.70. The Hall–Kier alpha value is -1.74. The van der Waals surface area contributed by atoms with Gasteiger partial charge in [-0.05, 0) is 48.6 Å². The van der Waals surface area contributed by atoms with Crippen LogP contribution in [0.5, 0.6) is 5.75 Å². The Morgan fingerprint density at radius 1 is 1.20 bits per heavy atom. The maximum absolute atomic E-state index is 5.88. The number of nitrogens with zero attached hydrogens (tertiary/aromatic N) is 1. The zero-order valence-corrected chi connectivity index (χ0v) is 12.1. The Kier molecular flexibility index (Phi) is 3.79. The number of nitrogens with one attached hydrogen (secondary N) is 1. The number of benzene rings is 1. The summed E-state index contributed by atoms with van der Waals surface area (Å²) in [6.45, 7) is 0. The molecule has 0 amide bonds. The first-order valence-corrected chi connectivity index (χ1v) is 7.15. The molecule has 0 unspecified atom stereocenters. The van der Waals surface area contributed by atoms with Crippen molar-refractivity contribution in [3.63, 3.8) is 0 Å². The van der Waals surface area contributed by atoms with Crippen LogP contribution in [0, 0.1) is 0 Å². The van der Waals surface area contributed by atoms with Crippen LogP contribution < -0.4 is 10.1 Å². The number of aromatic nitrogens is 1. The smallest absolute Gasteiger partial charge is 0.131 e. The molecule has 1 saturated carbocycles. The molecule has 1 aromatic carbocycles. The lowest BCUT2D eigenvalue weighted by Gasteiger charge is -2.36. The van der Waals surface area contributed by atoms with Gasteiger partial charge in [0.1, 0.15) is 16.7 Å². The molecule has 0 aliphatic heterocycles. The van der Waals surface area contributed by atoms with E-state index in [0.29, 0.717) is 17.1 Å². The third-order valence-corrected chi connectivity index (χ3v) is 3.98. The molecule has 0 atom stereocenters. The first-order valence-electron chi connectivity index (χ1n) is 6.77. The fraction of sp³-hybridized carbons (Fsp3) is 0.312. The van der Waals surface area contributed by atoms with E-state index in [9.17, 15) is 0 Å². The van der Waals surface area contributed by atoms with Crippen molar-refractivity contribution in [1.29, 1.82) is 0 Å². The molecule has 1 heterocycles. The standard InChI is InChI=1S/C16H17ClN2O/c1-20-14-5-2-4-11(10-14)12-8-13(9-12)18-16-7-3-6-15(17)19-16/h2-7,10,12-13H,8-9H2,1H3,(H,18,19). The molecule has 1 aliphatic rings. The van der Waals surface area contributed by atoms with Gasteiger partial charge in [0.25, 0.3) is 0 Å². The first-order chi connectivity index (χ1) is 9.74. The fourth-order valence-electron chi connectivity index (χ4n) is 2.60. The first kappa shape index (κ1) is 13.3. The molecule has 0 spiro atoms. The van der Waals surface area contributed by atoms with Crippen molar-refractivity contribution in [2.24, 2.45) is 0 Å². The molecule has 3 nitrogen and oxygen atoms in total. The topological polar surface area (TPSA) is 34.1 Å². The van der Waals surface area contributed by atoms with Crippen LogP contribution in [0.4, 0.5) is 5.82 Å². The normalized spacial score (nSPS) is 21.1. The predicted octanol–water partition coefficient (Wildman–Crippen LogP) is 4.10. The summed E-state index contributed by atoms with van der Waals surface area (Å²) in [4.78, 5) is 4.25. The summed E-state index contributed by atoms with van der Waals surface area (Å²) in [5.74, 6) is 2.38. The average molecular weight is 289 g/mol. The van der Waals surface area contributed by atoms with E-state index in [0.717, 1.165) is 24.4 Å². The highest BCUT2D eigenvalue weighted by molar-refractivity contribution is 6.29. The molecule has 3 rings (SSSR count). The van der Waals surface area contributed by atoms with Crippen molar-refractivity contribution >= 4 is 17.4 Å². The minimum Gasteiger partial charge on any atom is -0.497 e. The van der Waals surface area contributed by atoms with Gasteiger partial charge in [0.05, 0.1) is 7.11 Å². The lowest BCUT2D eigenvalue weighted by Crippen LogP contribution is -2.34. The Labute approximate surface area is 123 Å². The van der Waals surface area contributed by atoms with Gasteiger partial charge in [-0.2, -0.15) is 0 Å². The van der Waals surface area contributed by atoms with Crippen molar-refractivity contribution in [3.05, 3.63) is 53.2 Å². The van der Waals surface area contributed by atoms with E-state index in [1.165, 1.54) is 5.56 Å². The average Bonchev–Trinajstić information content (AvgIpc) is 2.42. The second kappa shape index (κ2) is 5.71. The lowest BCUT2D eigenvalue weighted by molar-refractivity contribution is 0.369. The van der Waals surface area contributed by atoms with Gasteiger partial charge in [-0.3, -0.25) is 0 Å². The van der Waals surface area contributed by atoms with Crippen LogP contribution in [0.15, 0.2) is 42.5 Å². The van der Waals surface area contributed by atoms with Crippen molar-refractivity contribution in [3.8, 4) is 5.75 Å². The zero-order chi connectivity index (χ0) is 13.9. The quantitative estimate of drug-likeness (QED) is 0.860. The number of pyridine rings is 1. The molecule has 0 bridgehead atoms. The number of anilines is 1. The zero-order valence-electron chi connectivity index (χ0n) is 11.3. The van der Waals surface area contributed by atoms with Crippen LogP contribution in [0.1, 0.15) is 24.3 Å². The third-order valence-electron chi connectivity index (χ3n) is 3.77. The van der Waals surface area contributed by atoms with Crippen LogP contribution in [0.25, 0.3) is 0 Å². The Morgan fingerprint density at radius 2 is 2.00 bits per heavy atom. The number of hydrogen-bond acceptors (Lipinski definition) is 3. The van der Waals surface area contributed by atoms with Gasteiger partial charge < -0.3 is 10.1 Å². The van der Waals surface area contributed by atoms with Gasteiger partial charge in [-0.15, -0.1) is 0 Å². The van der Waals surface area contributed by atoms with Gasteiger partial charge in [0.2, 0.25) is 0 Å². The maximum atomic E-state index is 5.88. The minimum atomic E-state index is 0.470. The fourth-order valence-corrected chi connectivity index (χ4v) is 2.76.